The number of halogens is 1. The summed E-state index contributed by atoms with van der Waals surface area (Å²) in [6.45, 7) is 4.24. The molecule has 160 valence electrons. The van der Waals surface area contributed by atoms with Gasteiger partial charge in [0.2, 0.25) is 0 Å². The summed E-state index contributed by atoms with van der Waals surface area (Å²) in [5.41, 5.74) is 3.32. The number of nitrogens with zero attached hydrogens (tertiary/aromatic N) is 3. The maximum atomic E-state index is 13.4. The van der Waals surface area contributed by atoms with Gasteiger partial charge in [0.15, 0.2) is 0 Å². The topological polar surface area (TPSA) is 21.1 Å². The van der Waals surface area contributed by atoms with E-state index < -0.39 is 0 Å². The van der Waals surface area contributed by atoms with E-state index in [4.69, 9.17) is 4.98 Å². The number of benzene rings is 2. The average molecular weight is 434 g/mol. The van der Waals surface area contributed by atoms with E-state index in [1.807, 2.05) is 29.5 Å². The summed E-state index contributed by atoms with van der Waals surface area (Å²) in [5, 5.41) is 2.17. The highest BCUT2D eigenvalue weighted by Gasteiger charge is 2.22. The molecule has 0 atom stereocenters. The average Bonchev–Trinajstić information content (AvgIpc) is 3.43. The third kappa shape index (κ3) is 4.89. The maximum Gasteiger partial charge on any atom is 0.123 e. The molecule has 0 spiro atoms. The lowest BCUT2D eigenvalue weighted by Gasteiger charge is -2.31. The van der Waals surface area contributed by atoms with Crippen molar-refractivity contribution in [2.24, 2.45) is 5.92 Å². The van der Waals surface area contributed by atoms with Crippen LogP contribution in [0.2, 0.25) is 0 Å². The fourth-order valence-electron chi connectivity index (χ4n) is 4.63. The van der Waals surface area contributed by atoms with Crippen molar-refractivity contribution in [3.05, 3.63) is 88.1 Å². The number of hydrogen-bond donors (Lipinski definition) is 0. The van der Waals surface area contributed by atoms with Crippen LogP contribution in [-0.2, 0) is 19.4 Å². The predicted molar refractivity (Wildman–Crippen MR) is 126 cm³/mol. The van der Waals surface area contributed by atoms with Crippen LogP contribution in [-0.4, -0.2) is 34.1 Å². The molecule has 0 bridgehead atoms. The first kappa shape index (κ1) is 20.4. The van der Waals surface area contributed by atoms with Gasteiger partial charge >= 0.3 is 0 Å². The molecule has 1 fully saturated rings. The zero-order valence-electron chi connectivity index (χ0n) is 17.7. The Morgan fingerprint density at radius 1 is 0.968 bits per heavy atom. The molecule has 2 aromatic heterocycles. The van der Waals surface area contributed by atoms with E-state index in [0.717, 1.165) is 48.4 Å². The summed E-state index contributed by atoms with van der Waals surface area (Å²) in [5.74, 6) is 1.63. The van der Waals surface area contributed by atoms with Crippen molar-refractivity contribution < 1.29 is 4.39 Å². The molecular formula is C26H28FN3S. The molecule has 31 heavy (non-hydrogen) atoms. The Labute approximate surface area is 187 Å². The number of rotatable bonds is 7. The van der Waals surface area contributed by atoms with Crippen molar-refractivity contribution in [1.29, 1.82) is 0 Å². The number of fused-ring (bicyclic) bond motifs is 1. The van der Waals surface area contributed by atoms with E-state index in [0.29, 0.717) is 5.92 Å². The van der Waals surface area contributed by atoms with Crippen LogP contribution in [0.1, 0.15) is 29.1 Å². The van der Waals surface area contributed by atoms with Crippen LogP contribution in [0.25, 0.3) is 11.0 Å². The summed E-state index contributed by atoms with van der Waals surface area (Å²) in [6.07, 6.45) is 4.62. The van der Waals surface area contributed by atoms with Crippen molar-refractivity contribution in [2.75, 3.05) is 19.6 Å². The van der Waals surface area contributed by atoms with Gasteiger partial charge in [-0.25, -0.2) is 9.37 Å². The van der Waals surface area contributed by atoms with Gasteiger partial charge in [-0.3, -0.25) is 0 Å². The van der Waals surface area contributed by atoms with Crippen LogP contribution >= 0.6 is 11.3 Å². The first-order valence-corrected chi connectivity index (χ1v) is 12.1. The zero-order valence-corrected chi connectivity index (χ0v) is 18.5. The third-order valence-corrected chi connectivity index (χ3v) is 7.36. The van der Waals surface area contributed by atoms with Crippen LogP contribution in [0.15, 0.2) is 66.0 Å². The van der Waals surface area contributed by atoms with Gasteiger partial charge in [-0.2, -0.15) is 0 Å². The van der Waals surface area contributed by atoms with Gasteiger partial charge < -0.3 is 9.47 Å². The highest BCUT2D eigenvalue weighted by atomic mass is 32.1. The molecule has 3 nitrogen and oxygen atoms in total. The van der Waals surface area contributed by atoms with Gasteiger partial charge in [0, 0.05) is 24.4 Å². The van der Waals surface area contributed by atoms with Gasteiger partial charge in [0.1, 0.15) is 11.6 Å². The van der Waals surface area contributed by atoms with Gasteiger partial charge in [-0.15, -0.1) is 11.3 Å². The molecule has 0 aliphatic carbocycles. The van der Waals surface area contributed by atoms with Crippen LogP contribution in [0.4, 0.5) is 4.39 Å². The SMILES string of the molecule is Fc1ccc(Cn2c(CC3CCN(CCc4cccs4)CC3)nc3ccccc32)cc1. The molecule has 5 rings (SSSR count). The van der Waals surface area contributed by atoms with Crippen molar-refractivity contribution in [3.8, 4) is 0 Å². The van der Waals surface area contributed by atoms with Crippen molar-refractivity contribution in [2.45, 2.75) is 32.2 Å². The van der Waals surface area contributed by atoms with Crippen molar-refractivity contribution >= 4 is 22.4 Å². The normalized spacial score (nSPS) is 15.6. The summed E-state index contributed by atoms with van der Waals surface area (Å²) >= 11 is 1.86. The van der Waals surface area contributed by atoms with E-state index >= 15 is 0 Å². The fourth-order valence-corrected chi connectivity index (χ4v) is 5.32. The second-order valence-corrected chi connectivity index (χ2v) is 9.58. The lowest BCUT2D eigenvalue weighted by Crippen LogP contribution is -2.35. The zero-order chi connectivity index (χ0) is 21.0. The van der Waals surface area contributed by atoms with Crippen LogP contribution in [0.3, 0.4) is 0 Å². The standard InChI is InChI=1S/C26H28FN3S/c27-22-9-7-21(8-10-22)19-30-25-6-2-1-5-24(25)28-26(30)18-20-11-14-29(15-12-20)16-13-23-4-3-17-31-23/h1-10,17,20H,11-16,18-19H2. The van der Waals surface area contributed by atoms with E-state index in [1.165, 1.54) is 30.8 Å². The Hall–Kier alpha value is -2.50. The fraction of sp³-hybridized carbons (Fsp3) is 0.346. The minimum Gasteiger partial charge on any atom is -0.323 e. The number of thiophene rings is 1. The van der Waals surface area contributed by atoms with Crippen LogP contribution in [0.5, 0.6) is 0 Å². The molecule has 1 aliphatic heterocycles. The molecule has 1 aliphatic rings. The molecule has 0 unspecified atom stereocenters. The first-order chi connectivity index (χ1) is 15.2. The van der Waals surface area contributed by atoms with Crippen molar-refractivity contribution in [3.63, 3.8) is 0 Å². The maximum absolute atomic E-state index is 13.4. The third-order valence-electron chi connectivity index (χ3n) is 6.42. The van der Waals surface area contributed by atoms with Crippen molar-refractivity contribution in [1.82, 2.24) is 14.5 Å². The van der Waals surface area contributed by atoms with E-state index in [2.05, 4.69) is 45.2 Å². The molecule has 3 heterocycles. The lowest BCUT2D eigenvalue weighted by atomic mass is 9.93. The number of likely N-dealkylation sites (tertiary alicyclic amines) is 1. The molecule has 0 saturated carbocycles. The Bertz CT molecular complexity index is 1110. The van der Waals surface area contributed by atoms with E-state index in [9.17, 15) is 4.39 Å². The molecule has 1 saturated heterocycles. The summed E-state index contributed by atoms with van der Waals surface area (Å²) in [6, 6.07) is 19.6. The number of piperidine rings is 1. The summed E-state index contributed by atoms with van der Waals surface area (Å²) in [7, 11) is 0. The smallest absolute Gasteiger partial charge is 0.123 e. The minimum atomic E-state index is -0.190. The number of imidazole rings is 1. The van der Waals surface area contributed by atoms with Gasteiger partial charge in [-0.1, -0.05) is 30.3 Å². The van der Waals surface area contributed by atoms with Crippen LogP contribution < -0.4 is 0 Å². The van der Waals surface area contributed by atoms with Gasteiger partial charge in [-0.05, 0) is 79.5 Å². The van der Waals surface area contributed by atoms with Gasteiger partial charge in [0.25, 0.3) is 0 Å². The second-order valence-electron chi connectivity index (χ2n) is 8.55. The lowest BCUT2D eigenvalue weighted by molar-refractivity contribution is 0.184. The monoisotopic (exact) mass is 433 g/mol. The predicted octanol–water partition coefficient (Wildman–Crippen LogP) is 5.78. The largest absolute Gasteiger partial charge is 0.323 e. The van der Waals surface area contributed by atoms with E-state index in [1.54, 1.807) is 12.1 Å². The second kappa shape index (κ2) is 9.33. The Morgan fingerprint density at radius 2 is 1.77 bits per heavy atom. The minimum absolute atomic E-state index is 0.190. The molecule has 2 aromatic carbocycles. The highest BCUT2D eigenvalue weighted by molar-refractivity contribution is 7.09. The molecular weight excluding hydrogens is 405 g/mol. The molecule has 0 radical (unpaired) electrons. The number of para-hydroxylation sites is 2. The Kier molecular flexibility index (Phi) is 6.14. The molecule has 0 amide bonds. The summed E-state index contributed by atoms with van der Waals surface area (Å²) in [4.78, 5) is 9.08. The summed E-state index contributed by atoms with van der Waals surface area (Å²) < 4.78 is 15.7. The Balaban J connectivity index is 1.26. The quantitative estimate of drug-likeness (QED) is 0.368. The molecule has 4 aromatic rings. The molecule has 0 N–H and O–H groups in total. The van der Waals surface area contributed by atoms with E-state index in [-0.39, 0.29) is 5.82 Å². The number of aromatic nitrogens is 2. The Morgan fingerprint density at radius 3 is 2.55 bits per heavy atom. The molecule has 5 heteroatoms. The number of hydrogen-bond acceptors (Lipinski definition) is 3. The van der Waals surface area contributed by atoms with Gasteiger partial charge in [0.05, 0.1) is 11.0 Å². The first-order valence-electron chi connectivity index (χ1n) is 11.2. The highest BCUT2D eigenvalue weighted by Crippen LogP contribution is 2.25. The van der Waals surface area contributed by atoms with Crippen LogP contribution in [0, 0.1) is 11.7 Å².